The molecule has 1 aromatic heterocycles. The van der Waals surface area contributed by atoms with Gasteiger partial charge in [-0.25, -0.2) is 4.79 Å². The summed E-state index contributed by atoms with van der Waals surface area (Å²) in [4.78, 5) is 25.1. The van der Waals surface area contributed by atoms with E-state index in [0.29, 0.717) is 12.8 Å². The summed E-state index contributed by atoms with van der Waals surface area (Å²) in [6.07, 6.45) is 2.75. The molecule has 2 N–H and O–H groups in total. The summed E-state index contributed by atoms with van der Waals surface area (Å²) < 4.78 is 4.66. The summed E-state index contributed by atoms with van der Waals surface area (Å²) in [6.45, 7) is 0. The number of para-hydroxylation sites is 1. The fourth-order valence-electron chi connectivity index (χ4n) is 1.96. The Morgan fingerprint density at radius 2 is 2.28 bits per heavy atom. The van der Waals surface area contributed by atoms with Crippen LogP contribution in [0.2, 0.25) is 0 Å². The lowest BCUT2D eigenvalue weighted by Gasteiger charge is -2.12. The molecule has 1 amide bonds. The number of benzene rings is 1. The zero-order chi connectivity index (χ0) is 13.0. The van der Waals surface area contributed by atoms with Crippen molar-refractivity contribution in [2.75, 3.05) is 7.11 Å². The molecule has 0 bridgehead atoms. The van der Waals surface area contributed by atoms with E-state index in [1.807, 2.05) is 30.5 Å². The molecule has 0 aliphatic rings. The van der Waals surface area contributed by atoms with E-state index in [1.54, 1.807) is 0 Å². The van der Waals surface area contributed by atoms with Gasteiger partial charge in [0.2, 0.25) is 6.41 Å². The van der Waals surface area contributed by atoms with Crippen molar-refractivity contribution in [1.82, 2.24) is 10.3 Å². The molecule has 0 aliphatic heterocycles. The summed E-state index contributed by atoms with van der Waals surface area (Å²) in [7, 11) is 1.30. The Hall–Kier alpha value is -2.30. The number of esters is 1. The number of carbonyl (C=O) groups excluding carboxylic acids is 2. The number of hydrogen-bond donors (Lipinski definition) is 2. The van der Waals surface area contributed by atoms with Gasteiger partial charge in [0.05, 0.1) is 7.11 Å². The van der Waals surface area contributed by atoms with Gasteiger partial charge in [-0.15, -0.1) is 0 Å². The van der Waals surface area contributed by atoms with Crippen LogP contribution in [-0.4, -0.2) is 30.5 Å². The van der Waals surface area contributed by atoms with E-state index in [4.69, 9.17) is 0 Å². The van der Waals surface area contributed by atoms with Crippen molar-refractivity contribution < 1.29 is 14.3 Å². The zero-order valence-corrected chi connectivity index (χ0v) is 9.97. The average Bonchev–Trinajstić information content (AvgIpc) is 2.81. The lowest BCUT2D eigenvalue weighted by atomic mass is 10.1. The van der Waals surface area contributed by atoms with Gasteiger partial charge in [-0.3, -0.25) is 4.79 Å². The number of aromatic amines is 1. The van der Waals surface area contributed by atoms with Crippen molar-refractivity contribution in [3.05, 3.63) is 36.0 Å². The third-order valence-corrected chi connectivity index (χ3v) is 2.85. The number of fused-ring (bicyclic) bond motifs is 1. The molecule has 94 valence electrons. The Kier molecular flexibility index (Phi) is 3.62. The summed E-state index contributed by atoms with van der Waals surface area (Å²) in [5, 5.41) is 3.51. The van der Waals surface area contributed by atoms with E-state index in [2.05, 4.69) is 15.0 Å². The molecule has 0 unspecified atom stereocenters. The summed E-state index contributed by atoms with van der Waals surface area (Å²) in [5.41, 5.74) is 1.97. The maximum absolute atomic E-state index is 11.5. The van der Waals surface area contributed by atoms with E-state index in [-0.39, 0.29) is 0 Å². The molecule has 1 aromatic carbocycles. The smallest absolute Gasteiger partial charge is 0.328 e. The van der Waals surface area contributed by atoms with Gasteiger partial charge >= 0.3 is 5.97 Å². The Balaban J connectivity index is 2.25. The highest BCUT2D eigenvalue weighted by atomic mass is 16.5. The zero-order valence-electron chi connectivity index (χ0n) is 9.97. The van der Waals surface area contributed by atoms with Gasteiger partial charge in [-0.2, -0.15) is 0 Å². The second kappa shape index (κ2) is 5.35. The van der Waals surface area contributed by atoms with Crippen molar-refractivity contribution in [1.29, 1.82) is 0 Å². The summed E-state index contributed by atoms with van der Waals surface area (Å²) in [5.74, 6) is -0.451. The van der Waals surface area contributed by atoms with Crippen LogP contribution in [0, 0.1) is 0 Å². The molecular formula is C13H14N2O3. The first kappa shape index (κ1) is 12.2. The van der Waals surface area contributed by atoms with Crippen molar-refractivity contribution in [3.63, 3.8) is 0 Å². The highest BCUT2D eigenvalue weighted by Crippen LogP contribution is 2.19. The van der Waals surface area contributed by atoms with Gasteiger partial charge < -0.3 is 15.0 Å². The number of carbonyl (C=O) groups is 2. The highest BCUT2D eigenvalue weighted by molar-refractivity contribution is 5.85. The number of rotatable bonds is 5. The van der Waals surface area contributed by atoms with Crippen molar-refractivity contribution in [2.45, 2.75) is 12.5 Å². The van der Waals surface area contributed by atoms with Crippen molar-refractivity contribution in [3.8, 4) is 0 Å². The van der Waals surface area contributed by atoms with E-state index < -0.39 is 12.0 Å². The minimum Gasteiger partial charge on any atom is -0.467 e. The van der Waals surface area contributed by atoms with Gasteiger partial charge in [0.15, 0.2) is 0 Å². The average molecular weight is 246 g/mol. The minimum absolute atomic E-state index is 0.398. The van der Waals surface area contributed by atoms with Crippen LogP contribution in [0.15, 0.2) is 30.5 Å². The standard InChI is InChI=1S/C13H14N2O3/c1-18-13(17)12(15-8-16)6-9-7-14-11-5-3-2-4-10(9)11/h2-5,7-8,12,14H,6H2,1H3,(H,15,16)/t12-/m0/s1. The molecule has 5 heteroatoms. The quantitative estimate of drug-likeness (QED) is 0.610. The van der Waals surface area contributed by atoms with E-state index in [0.717, 1.165) is 16.5 Å². The van der Waals surface area contributed by atoms with Crippen LogP contribution in [-0.2, 0) is 20.7 Å². The highest BCUT2D eigenvalue weighted by Gasteiger charge is 2.20. The Labute approximate surface area is 104 Å². The molecule has 0 saturated heterocycles. The second-order valence-electron chi connectivity index (χ2n) is 3.92. The van der Waals surface area contributed by atoms with Crippen LogP contribution in [0.3, 0.4) is 0 Å². The minimum atomic E-state index is -0.660. The topological polar surface area (TPSA) is 71.2 Å². The number of ether oxygens (including phenoxy) is 1. The first-order valence-electron chi connectivity index (χ1n) is 5.58. The Morgan fingerprint density at radius 1 is 1.50 bits per heavy atom. The molecule has 0 aliphatic carbocycles. The van der Waals surface area contributed by atoms with Crippen LogP contribution in [0.1, 0.15) is 5.56 Å². The molecular weight excluding hydrogens is 232 g/mol. The van der Waals surface area contributed by atoms with Gasteiger partial charge in [-0.05, 0) is 11.6 Å². The van der Waals surface area contributed by atoms with Crippen LogP contribution in [0.25, 0.3) is 10.9 Å². The fraction of sp³-hybridized carbons (Fsp3) is 0.231. The van der Waals surface area contributed by atoms with Crippen molar-refractivity contribution in [2.24, 2.45) is 0 Å². The third kappa shape index (κ3) is 2.34. The largest absolute Gasteiger partial charge is 0.467 e. The van der Waals surface area contributed by atoms with Crippen LogP contribution < -0.4 is 5.32 Å². The molecule has 5 nitrogen and oxygen atoms in total. The van der Waals surface area contributed by atoms with Crippen molar-refractivity contribution >= 4 is 23.3 Å². The van der Waals surface area contributed by atoms with Crippen LogP contribution in [0.5, 0.6) is 0 Å². The molecule has 0 saturated carbocycles. The fourth-order valence-corrected chi connectivity index (χ4v) is 1.96. The Bertz CT molecular complexity index is 562. The molecule has 2 aromatic rings. The van der Waals surface area contributed by atoms with Gasteiger partial charge in [0.25, 0.3) is 0 Å². The molecule has 18 heavy (non-hydrogen) atoms. The second-order valence-corrected chi connectivity index (χ2v) is 3.92. The van der Waals surface area contributed by atoms with Crippen LogP contribution >= 0.6 is 0 Å². The molecule has 0 radical (unpaired) electrons. The predicted molar refractivity (Wildman–Crippen MR) is 67.0 cm³/mol. The number of H-pyrrole nitrogens is 1. The maximum Gasteiger partial charge on any atom is 0.328 e. The van der Waals surface area contributed by atoms with Gasteiger partial charge in [0.1, 0.15) is 6.04 Å². The molecule has 2 rings (SSSR count). The summed E-state index contributed by atoms with van der Waals surface area (Å²) >= 11 is 0. The van der Waals surface area contributed by atoms with E-state index in [9.17, 15) is 9.59 Å². The number of aromatic nitrogens is 1. The number of methoxy groups -OCH3 is 1. The van der Waals surface area contributed by atoms with E-state index >= 15 is 0 Å². The third-order valence-electron chi connectivity index (χ3n) is 2.85. The monoisotopic (exact) mass is 246 g/mol. The predicted octanol–water partition coefficient (Wildman–Crippen LogP) is 0.998. The Morgan fingerprint density at radius 3 is 3.00 bits per heavy atom. The van der Waals surface area contributed by atoms with Gasteiger partial charge in [0, 0.05) is 23.5 Å². The molecule has 0 spiro atoms. The maximum atomic E-state index is 11.5. The first-order chi connectivity index (χ1) is 8.76. The molecule has 1 atom stereocenters. The van der Waals surface area contributed by atoms with Crippen LogP contribution in [0.4, 0.5) is 0 Å². The number of nitrogens with one attached hydrogen (secondary N) is 2. The number of hydrogen-bond acceptors (Lipinski definition) is 3. The van der Waals surface area contributed by atoms with Gasteiger partial charge in [-0.1, -0.05) is 18.2 Å². The first-order valence-corrected chi connectivity index (χ1v) is 5.58. The molecule has 1 heterocycles. The number of amides is 1. The summed E-state index contributed by atoms with van der Waals surface area (Å²) in [6, 6.07) is 7.13. The molecule has 0 fully saturated rings. The lowest BCUT2D eigenvalue weighted by Crippen LogP contribution is -2.38. The lowest BCUT2D eigenvalue weighted by molar-refractivity contribution is -0.144. The SMILES string of the molecule is COC(=O)[C@H](Cc1c[nH]c2ccccc12)NC=O. The van der Waals surface area contributed by atoms with E-state index in [1.165, 1.54) is 7.11 Å². The normalized spacial score (nSPS) is 12.1.